The highest BCUT2D eigenvalue weighted by Crippen LogP contribution is 2.31. The number of aryl methyl sites for hydroxylation is 4. The second-order valence-electron chi connectivity index (χ2n) is 9.73. The summed E-state index contributed by atoms with van der Waals surface area (Å²) in [4.78, 5) is 30.2. The van der Waals surface area contributed by atoms with E-state index in [2.05, 4.69) is 26.0 Å². The quantitative estimate of drug-likeness (QED) is 0.134. The third kappa shape index (κ3) is 9.33. The number of anilines is 2. The zero-order valence-electron chi connectivity index (χ0n) is 24.2. The average Bonchev–Trinajstić information content (AvgIpc) is 2.87. The highest BCUT2D eigenvalue weighted by molar-refractivity contribution is 8.77. The van der Waals surface area contributed by atoms with Gasteiger partial charge in [0.15, 0.2) is 0 Å². The lowest BCUT2D eigenvalue weighted by Gasteiger charge is -2.28. The van der Waals surface area contributed by atoms with Crippen LogP contribution in [0.4, 0.5) is 11.4 Å². The van der Waals surface area contributed by atoms with Gasteiger partial charge in [0.2, 0.25) is 11.8 Å². The molecule has 8 heteroatoms. The smallest absolute Gasteiger partial charge is 0.239 e. The normalized spacial score (nSPS) is 11.3. The Bertz CT molecular complexity index is 975. The number of hydrogen-bond donors (Lipinski definition) is 0. The predicted molar refractivity (Wildman–Crippen MR) is 163 cm³/mol. The third-order valence-electron chi connectivity index (χ3n) is 6.07. The Morgan fingerprint density at radius 1 is 0.711 bits per heavy atom. The Labute approximate surface area is 237 Å². The predicted octanol–water partition coefficient (Wildman–Crippen LogP) is 6.94. The fourth-order valence-electron chi connectivity index (χ4n) is 4.09. The van der Waals surface area contributed by atoms with E-state index in [1.54, 1.807) is 9.80 Å². The Kier molecular flexibility index (Phi) is 13.7. The van der Waals surface area contributed by atoms with Gasteiger partial charge in [0.1, 0.15) is 13.5 Å². The molecule has 0 heterocycles. The second kappa shape index (κ2) is 16.2. The minimum atomic E-state index is -0.0354. The van der Waals surface area contributed by atoms with Crippen LogP contribution in [0.1, 0.15) is 63.8 Å². The molecule has 2 aromatic carbocycles. The molecule has 0 aliphatic heterocycles. The fraction of sp³-hybridized carbons (Fsp3) is 0.533. The van der Waals surface area contributed by atoms with Gasteiger partial charge >= 0.3 is 0 Å². The molecular formula is C30H44N2O4S2. The van der Waals surface area contributed by atoms with Crippen molar-refractivity contribution in [1.29, 1.82) is 0 Å². The number of carbonyl (C=O) groups is 2. The number of nitrogens with zero attached hydrogens (tertiary/aromatic N) is 2. The van der Waals surface area contributed by atoms with Crippen LogP contribution in [-0.4, -0.2) is 49.0 Å². The first-order valence-corrected chi connectivity index (χ1v) is 15.8. The monoisotopic (exact) mass is 560 g/mol. The summed E-state index contributed by atoms with van der Waals surface area (Å²) in [6.45, 7) is 16.5. The molecule has 6 nitrogen and oxygen atoms in total. The van der Waals surface area contributed by atoms with E-state index in [1.807, 2.05) is 65.8 Å². The van der Waals surface area contributed by atoms with Crippen molar-refractivity contribution in [2.24, 2.45) is 0 Å². The molecular weight excluding hydrogens is 516 g/mol. The van der Waals surface area contributed by atoms with E-state index in [4.69, 9.17) is 9.47 Å². The van der Waals surface area contributed by atoms with Gasteiger partial charge in [-0.25, -0.2) is 0 Å². The molecule has 210 valence electrons. The molecule has 0 aromatic heterocycles. The summed E-state index contributed by atoms with van der Waals surface area (Å²) in [6, 6.07) is 12.2. The van der Waals surface area contributed by atoms with Crippen molar-refractivity contribution in [3.63, 3.8) is 0 Å². The average molecular weight is 561 g/mol. The summed E-state index contributed by atoms with van der Waals surface area (Å²) < 4.78 is 11.7. The first-order valence-electron chi connectivity index (χ1n) is 13.4. The lowest BCUT2D eigenvalue weighted by atomic mass is 10.0. The van der Waals surface area contributed by atoms with Crippen LogP contribution in [0.25, 0.3) is 0 Å². The number of rotatable bonds is 15. The van der Waals surface area contributed by atoms with E-state index in [0.717, 1.165) is 46.5 Å². The maximum Gasteiger partial charge on any atom is 0.239 e. The van der Waals surface area contributed by atoms with Gasteiger partial charge in [-0.1, -0.05) is 71.8 Å². The van der Waals surface area contributed by atoms with Crippen LogP contribution in [0, 0.1) is 13.8 Å². The van der Waals surface area contributed by atoms with Crippen LogP contribution < -0.4 is 9.80 Å². The summed E-state index contributed by atoms with van der Waals surface area (Å²) in [7, 11) is 2.80. The van der Waals surface area contributed by atoms with Crippen molar-refractivity contribution in [2.45, 2.75) is 80.4 Å². The molecule has 0 aliphatic carbocycles. The van der Waals surface area contributed by atoms with Crippen LogP contribution in [0.2, 0.25) is 0 Å². The maximum absolute atomic E-state index is 13.4. The molecule has 2 amide bonds. The van der Waals surface area contributed by atoms with Crippen molar-refractivity contribution in [3.05, 3.63) is 58.7 Å². The Hall–Kier alpha value is -2.00. The lowest BCUT2D eigenvalue weighted by Crippen LogP contribution is -2.37. The van der Waals surface area contributed by atoms with E-state index in [9.17, 15) is 9.59 Å². The molecule has 0 N–H and O–H groups in total. The Morgan fingerprint density at radius 2 is 1.08 bits per heavy atom. The zero-order valence-corrected chi connectivity index (χ0v) is 25.8. The summed E-state index contributed by atoms with van der Waals surface area (Å²) in [5.41, 5.74) is 6.16. The molecule has 2 aromatic rings. The van der Waals surface area contributed by atoms with Crippen LogP contribution in [0.5, 0.6) is 0 Å². The zero-order chi connectivity index (χ0) is 28.2. The van der Waals surface area contributed by atoms with Crippen LogP contribution in [0.3, 0.4) is 0 Å². The van der Waals surface area contributed by atoms with Crippen molar-refractivity contribution in [3.8, 4) is 0 Å². The number of para-hydroxylation sites is 2. The Morgan fingerprint density at radius 3 is 1.39 bits per heavy atom. The summed E-state index contributed by atoms with van der Waals surface area (Å²) in [6.07, 6.45) is 1.66. The molecule has 0 fully saturated rings. The summed E-state index contributed by atoms with van der Waals surface area (Å²) in [5, 5.41) is 0. The SMILES string of the molecule is CCc1cccc(C)c1N(COC(C)C)C(=O)CSSCC(=O)N(COC(C)C)c1c(C)cccc1CC. The molecule has 0 spiro atoms. The highest BCUT2D eigenvalue weighted by atomic mass is 33.1. The standard InChI is InChI=1S/C30H44N2O4S2/c1-9-25-15-11-13-23(7)29(25)31(19-35-21(3)4)27(33)17-37-38-18-28(34)32(20-36-22(5)6)30-24(8)14-12-16-26(30)10-2/h11-16,21-22H,9-10,17-20H2,1-8H3. The molecule has 38 heavy (non-hydrogen) atoms. The molecule has 0 saturated carbocycles. The van der Waals surface area contributed by atoms with Crippen LogP contribution in [-0.2, 0) is 31.9 Å². The second-order valence-corrected chi connectivity index (χ2v) is 12.2. The molecule has 0 radical (unpaired) electrons. The van der Waals surface area contributed by atoms with E-state index >= 15 is 0 Å². The van der Waals surface area contributed by atoms with Crippen LogP contribution >= 0.6 is 21.6 Å². The van der Waals surface area contributed by atoms with Gasteiger partial charge in [0.05, 0.1) is 35.1 Å². The molecule has 0 aliphatic rings. The summed E-state index contributed by atoms with van der Waals surface area (Å²) >= 11 is 0. The van der Waals surface area contributed by atoms with E-state index < -0.39 is 0 Å². The van der Waals surface area contributed by atoms with Gasteiger partial charge in [0, 0.05) is 0 Å². The van der Waals surface area contributed by atoms with Crippen LogP contribution in [0.15, 0.2) is 36.4 Å². The van der Waals surface area contributed by atoms with Gasteiger partial charge in [-0.15, -0.1) is 0 Å². The summed E-state index contributed by atoms with van der Waals surface area (Å²) in [5.74, 6) is 0.409. The topological polar surface area (TPSA) is 59.1 Å². The first kappa shape index (κ1) is 32.2. The van der Waals surface area contributed by atoms with Gasteiger partial charge < -0.3 is 9.47 Å². The number of amides is 2. The third-order valence-corrected chi connectivity index (χ3v) is 8.17. The van der Waals surface area contributed by atoms with E-state index in [1.165, 1.54) is 21.6 Å². The highest BCUT2D eigenvalue weighted by Gasteiger charge is 2.23. The van der Waals surface area contributed by atoms with Crippen molar-refractivity contribution in [2.75, 3.05) is 34.8 Å². The first-order chi connectivity index (χ1) is 18.1. The minimum Gasteiger partial charge on any atom is -0.358 e. The number of hydrogen-bond acceptors (Lipinski definition) is 6. The molecule has 0 saturated heterocycles. The minimum absolute atomic E-state index is 0.00698. The van der Waals surface area contributed by atoms with Gasteiger partial charge in [-0.3, -0.25) is 19.4 Å². The van der Waals surface area contributed by atoms with Crippen molar-refractivity contribution in [1.82, 2.24) is 0 Å². The van der Waals surface area contributed by atoms with Crippen molar-refractivity contribution < 1.29 is 19.1 Å². The molecule has 2 rings (SSSR count). The van der Waals surface area contributed by atoms with Gasteiger partial charge in [-0.05, 0) is 76.6 Å². The van der Waals surface area contributed by atoms with E-state index in [-0.39, 0.29) is 49.0 Å². The number of ether oxygens (including phenoxy) is 2. The van der Waals surface area contributed by atoms with Gasteiger partial charge in [-0.2, -0.15) is 0 Å². The number of carbonyl (C=O) groups excluding carboxylic acids is 2. The largest absolute Gasteiger partial charge is 0.358 e. The molecule has 0 bridgehead atoms. The van der Waals surface area contributed by atoms with Gasteiger partial charge in [0.25, 0.3) is 0 Å². The maximum atomic E-state index is 13.4. The van der Waals surface area contributed by atoms with Crippen molar-refractivity contribution >= 4 is 44.8 Å². The molecule has 0 unspecified atom stereocenters. The van der Waals surface area contributed by atoms with E-state index in [0.29, 0.717) is 0 Å². The lowest BCUT2D eigenvalue weighted by molar-refractivity contribution is -0.118. The Balaban J connectivity index is 2.11. The fourth-order valence-corrected chi connectivity index (χ4v) is 5.88. The number of benzene rings is 2. The molecule has 0 atom stereocenters.